The van der Waals surface area contributed by atoms with Gasteiger partial charge in [-0.1, -0.05) is 18.0 Å². The molecular formula is C20H20ClN3O3S. The van der Waals surface area contributed by atoms with E-state index in [0.717, 1.165) is 31.5 Å². The molecule has 3 aromatic rings. The lowest BCUT2D eigenvalue weighted by molar-refractivity contribution is 0.103. The summed E-state index contributed by atoms with van der Waals surface area (Å²) in [6.45, 7) is 2.50. The quantitative estimate of drug-likeness (QED) is 0.685. The van der Waals surface area contributed by atoms with Gasteiger partial charge in [-0.05, 0) is 43.5 Å². The lowest BCUT2D eigenvalue weighted by Crippen LogP contribution is -2.24. The van der Waals surface area contributed by atoms with E-state index in [1.807, 2.05) is 6.92 Å². The summed E-state index contributed by atoms with van der Waals surface area (Å²) < 4.78 is 6.91. The van der Waals surface area contributed by atoms with Crippen molar-refractivity contribution < 1.29 is 9.53 Å². The molecule has 1 N–H and O–H groups in total. The third-order valence-corrected chi connectivity index (χ3v) is 6.51. The van der Waals surface area contributed by atoms with Crippen LogP contribution >= 0.6 is 22.9 Å². The molecular weight excluding hydrogens is 398 g/mol. The standard InChI is InChI=1S/C20H20ClN3O3S/c1-11-16-19(23-15-6-4-3-5-9-24(15)20(16)26)28-17(11)18(25)22-12-7-8-14(27-2)13(21)10-12/h7-8,10H,3-6,9H2,1-2H3,(H,22,25). The van der Waals surface area contributed by atoms with Crippen molar-refractivity contribution in [2.45, 2.75) is 39.2 Å². The van der Waals surface area contributed by atoms with Gasteiger partial charge >= 0.3 is 0 Å². The molecule has 1 aliphatic heterocycles. The van der Waals surface area contributed by atoms with Gasteiger partial charge in [0.15, 0.2) is 0 Å². The summed E-state index contributed by atoms with van der Waals surface area (Å²) in [7, 11) is 1.53. The van der Waals surface area contributed by atoms with Crippen molar-refractivity contribution in [3.63, 3.8) is 0 Å². The number of nitrogens with zero attached hydrogens (tertiary/aromatic N) is 2. The van der Waals surface area contributed by atoms with Gasteiger partial charge in [0, 0.05) is 18.7 Å². The van der Waals surface area contributed by atoms with Crippen LogP contribution in [-0.4, -0.2) is 22.6 Å². The van der Waals surface area contributed by atoms with Crippen LogP contribution in [0.15, 0.2) is 23.0 Å². The Morgan fingerprint density at radius 2 is 2.14 bits per heavy atom. The lowest BCUT2D eigenvalue weighted by atomic mass is 10.2. The minimum Gasteiger partial charge on any atom is -0.495 e. The Labute approximate surface area is 171 Å². The van der Waals surface area contributed by atoms with Crippen LogP contribution in [-0.2, 0) is 13.0 Å². The number of ether oxygens (including phenoxy) is 1. The zero-order valence-corrected chi connectivity index (χ0v) is 17.2. The normalized spacial score (nSPS) is 13.8. The second-order valence-electron chi connectivity index (χ2n) is 6.84. The summed E-state index contributed by atoms with van der Waals surface area (Å²) >= 11 is 7.40. The van der Waals surface area contributed by atoms with E-state index >= 15 is 0 Å². The highest BCUT2D eigenvalue weighted by Gasteiger charge is 2.22. The number of hydrogen-bond acceptors (Lipinski definition) is 5. The van der Waals surface area contributed by atoms with Crippen LogP contribution in [0.4, 0.5) is 5.69 Å². The van der Waals surface area contributed by atoms with E-state index in [4.69, 9.17) is 21.3 Å². The Morgan fingerprint density at radius 3 is 2.89 bits per heavy atom. The van der Waals surface area contributed by atoms with Crippen LogP contribution < -0.4 is 15.6 Å². The molecule has 0 unspecified atom stereocenters. The minimum atomic E-state index is -0.277. The van der Waals surface area contributed by atoms with Crippen LogP contribution in [0.1, 0.15) is 40.3 Å². The molecule has 146 valence electrons. The number of carbonyl (C=O) groups is 1. The number of aryl methyl sites for hydroxylation is 2. The van der Waals surface area contributed by atoms with Crippen molar-refractivity contribution in [2.24, 2.45) is 0 Å². The molecule has 0 saturated carbocycles. The summed E-state index contributed by atoms with van der Waals surface area (Å²) in [6, 6.07) is 5.05. The molecule has 1 amide bonds. The Bertz CT molecular complexity index is 1140. The van der Waals surface area contributed by atoms with Crippen LogP contribution in [0.5, 0.6) is 5.75 Å². The minimum absolute atomic E-state index is 0.0396. The van der Waals surface area contributed by atoms with Crippen molar-refractivity contribution in [2.75, 3.05) is 12.4 Å². The maximum atomic E-state index is 13.0. The van der Waals surface area contributed by atoms with Crippen LogP contribution in [0.2, 0.25) is 5.02 Å². The number of anilines is 1. The van der Waals surface area contributed by atoms with Crippen molar-refractivity contribution in [3.8, 4) is 5.75 Å². The molecule has 0 spiro atoms. The van der Waals surface area contributed by atoms with Crippen molar-refractivity contribution in [3.05, 3.63) is 49.8 Å². The number of thiophene rings is 1. The largest absolute Gasteiger partial charge is 0.495 e. The molecule has 0 saturated heterocycles. The molecule has 0 atom stereocenters. The van der Waals surface area contributed by atoms with Gasteiger partial charge in [-0.2, -0.15) is 0 Å². The molecule has 2 aromatic heterocycles. The summed E-state index contributed by atoms with van der Waals surface area (Å²) in [5.74, 6) is 1.09. The fourth-order valence-electron chi connectivity index (χ4n) is 3.56. The van der Waals surface area contributed by atoms with Crippen LogP contribution in [0.3, 0.4) is 0 Å². The summed E-state index contributed by atoms with van der Waals surface area (Å²) in [4.78, 5) is 31.7. The zero-order valence-electron chi connectivity index (χ0n) is 15.7. The first-order valence-corrected chi connectivity index (χ1v) is 10.4. The number of fused-ring (bicyclic) bond motifs is 2. The zero-order chi connectivity index (χ0) is 19.8. The highest BCUT2D eigenvalue weighted by atomic mass is 35.5. The van der Waals surface area contributed by atoms with Gasteiger partial charge in [0.1, 0.15) is 16.4 Å². The summed E-state index contributed by atoms with van der Waals surface area (Å²) in [6.07, 6.45) is 3.92. The summed E-state index contributed by atoms with van der Waals surface area (Å²) in [5.41, 5.74) is 1.20. The third kappa shape index (κ3) is 3.29. The third-order valence-electron chi connectivity index (χ3n) is 5.03. The van der Waals surface area contributed by atoms with Gasteiger partial charge < -0.3 is 10.1 Å². The Kier molecular flexibility index (Phi) is 5.12. The molecule has 28 heavy (non-hydrogen) atoms. The number of nitrogens with one attached hydrogen (secondary N) is 1. The fraction of sp³-hybridized carbons (Fsp3) is 0.350. The van der Waals surface area contributed by atoms with E-state index < -0.39 is 0 Å². The average molecular weight is 418 g/mol. The molecule has 8 heteroatoms. The second-order valence-corrected chi connectivity index (χ2v) is 8.24. The molecule has 0 radical (unpaired) electrons. The first kappa shape index (κ1) is 19.0. The van der Waals surface area contributed by atoms with Crippen molar-refractivity contribution >= 4 is 44.7 Å². The highest BCUT2D eigenvalue weighted by Crippen LogP contribution is 2.31. The van der Waals surface area contributed by atoms with E-state index in [1.54, 1.807) is 22.8 Å². The van der Waals surface area contributed by atoms with Crippen LogP contribution in [0, 0.1) is 6.92 Å². The molecule has 6 nitrogen and oxygen atoms in total. The molecule has 3 heterocycles. The Hall–Kier alpha value is -2.38. The first-order chi connectivity index (χ1) is 13.5. The number of amides is 1. The number of aromatic nitrogens is 2. The first-order valence-electron chi connectivity index (χ1n) is 9.17. The Balaban J connectivity index is 1.72. The van der Waals surface area contributed by atoms with Gasteiger partial charge in [-0.15, -0.1) is 11.3 Å². The van der Waals surface area contributed by atoms with E-state index in [2.05, 4.69) is 5.32 Å². The molecule has 0 bridgehead atoms. The number of halogens is 1. The van der Waals surface area contributed by atoms with Gasteiger partial charge in [0.2, 0.25) is 0 Å². The lowest BCUT2D eigenvalue weighted by Gasteiger charge is -2.08. The summed E-state index contributed by atoms with van der Waals surface area (Å²) in [5, 5.41) is 3.81. The van der Waals surface area contributed by atoms with Crippen LogP contribution in [0.25, 0.3) is 10.2 Å². The van der Waals surface area contributed by atoms with Gasteiger partial charge in [0.05, 0.1) is 22.4 Å². The monoisotopic (exact) mass is 417 g/mol. The van der Waals surface area contributed by atoms with Gasteiger partial charge in [-0.25, -0.2) is 4.98 Å². The average Bonchev–Trinajstić information content (AvgIpc) is 2.84. The van der Waals surface area contributed by atoms with Gasteiger partial charge in [0.25, 0.3) is 11.5 Å². The number of benzene rings is 1. The van der Waals surface area contributed by atoms with Crippen molar-refractivity contribution in [1.82, 2.24) is 9.55 Å². The number of methoxy groups -OCH3 is 1. The highest BCUT2D eigenvalue weighted by molar-refractivity contribution is 7.20. The molecule has 1 aromatic carbocycles. The number of carbonyl (C=O) groups excluding carboxylic acids is 1. The molecule has 4 rings (SSSR count). The Morgan fingerprint density at radius 1 is 1.32 bits per heavy atom. The SMILES string of the molecule is COc1ccc(NC(=O)c2sc3nc4n(c(=O)c3c2C)CCCCC4)cc1Cl. The molecule has 1 aliphatic rings. The van der Waals surface area contributed by atoms with E-state index in [1.165, 1.54) is 18.4 Å². The fourth-order valence-corrected chi connectivity index (χ4v) is 4.90. The van der Waals surface area contributed by atoms with Gasteiger partial charge in [-0.3, -0.25) is 14.2 Å². The maximum Gasteiger partial charge on any atom is 0.266 e. The van der Waals surface area contributed by atoms with Crippen molar-refractivity contribution in [1.29, 1.82) is 0 Å². The predicted octanol–water partition coefficient (Wildman–Crippen LogP) is 4.41. The number of rotatable bonds is 3. The van der Waals surface area contributed by atoms with E-state index in [9.17, 15) is 9.59 Å². The second kappa shape index (κ2) is 7.56. The van der Waals surface area contributed by atoms with E-state index in [0.29, 0.717) is 43.7 Å². The maximum absolute atomic E-state index is 13.0. The van der Waals surface area contributed by atoms with E-state index in [-0.39, 0.29) is 11.5 Å². The smallest absolute Gasteiger partial charge is 0.266 e. The molecule has 0 aliphatic carbocycles. The molecule has 0 fully saturated rings. The predicted molar refractivity (Wildman–Crippen MR) is 112 cm³/mol. The topological polar surface area (TPSA) is 73.2 Å². The number of hydrogen-bond donors (Lipinski definition) is 1.